The van der Waals surface area contributed by atoms with E-state index in [1.54, 1.807) is 0 Å². The van der Waals surface area contributed by atoms with Crippen molar-refractivity contribution in [3.05, 3.63) is 125 Å². The van der Waals surface area contributed by atoms with E-state index in [0.717, 1.165) is 17.8 Å². The van der Waals surface area contributed by atoms with Crippen molar-refractivity contribution < 1.29 is 0 Å². The molecule has 4 bridgehead atoms. The van der Waals surface area contributed by atoms with Crippen LogP contribution in [0.3, 0.4) is 0 Å². The Morgan fingerprint density at radius 1 is 0.528 bits per heavy atom. The lowest BCUT2D eigenvalue weighted by molar-refractivity contribution is 0.0107. The average Bonchev–Trinajstić information content (AvgIpc) is 3.19. The zero-order valence-corrected chi connectivity index (χ0v) is 20.8. The highest BCUT2D eigenvalue weighted by Gasteiger charge is 2.51. The molecular weight excluding hydrogens is 434 g/mol. The highest BCUT2D eigenvalue weighted by molar-refractivity contribution is 5.87. The van der Waals surface area contributed by atoms with Gasteiger partial charge in [0.2, 0.25) is 0 Å². The van der Waals surface area contributed by atoms with E-state index in [4.69, 9.17) is 0 Å². The number of rotatable bonds is 4. The van der Waals surface area contributed by atoms with Crippen LogP contribution in [0.25, 0.3) is 11.1 Å². The van der Waals surface area contributed by atoms with Crippen LogP contribution in [0.1, 0.15) is 60.8 Å². The maximum atomic E-state index is 4.18. The fourth-order valence-electron chi connectivity index (χ4n) is 9.09. The Morgan fingerprint density at radius 3 is 1.67 bits per heavy atom. The number of hydrogen-bond acceptors (Lipinski definition) is 1. The predicted octanol–water partition coefficient (Wildman–Crippen LogP) is 8.43. The molecule has 0 saturated heterocycles. The van der Waals surface area contributed by atoms with Gasteiger partial charge in [0.25, 0.3) is 0 Å². The van der Waals surface area contributed by atoms with Crippen molar-refractivity contribution in [3.8, 4) is 11.1 Å². The van der Waals surface area contributed by atoms with E-state index < -0.39 is 0 Å². The molecule has 0 amide bonds. The Balaban J connectivity index is 1.33. The Morgan fingerprint density at radius 2 is 1.06 bits per heavy atom. The van der Waals surface area contributed by atoms with E-state index in [0.29, 0.717) is 5.54 Å². The van der Waals surface area contributed by atoms with Crippen LogP contribution in [0.5, 0.6) is 0 Å². The maximum absolute atomic E-state index is 4.18. The van der Waals surface area contributed by atoms with Crippen molar-refractivity contribution >= 4 is 5.69 Å². The zero-order chi connectivity index (χ0) is 23.7. The Kier molecular flexibility index (Phi) is 4.39. The molecule has 4 fully saturated rings. The highest BCUT2D eigenvalue weighted by Crippen LogP contribution is 2.59. The molecule has 178 valence electrons. The summed E-state index contributed by atoms with van der Waals surface area (Å²) in [7, 11) is 0. The van der Waals surface area contributed by atoms with Gasteiger partial charge >= 0.3 is 0 Å². The molecule has 0 spiro atoms. The molecule has 5 aliphatic rings. The number of fused-ring (bicyclic) bond motifs is 3. The first kappa shape index (κ1) is 20.8. The standard InChI is InChI=1S/C35H33N/c1-3-9-27(10-4-1)35(28-11-5-2-6-12-28)32-14-8-7-13-30(32)31-16-15-29(20-33(31)35)36-34-21-24-17-25(22-34)19-26(18-24)23-34/h1-16,20,24-26,36H,17-19,21-23H2. The summed E-state index contributed by atoms with van der Waals surface area (Å²) >= 11 is 0. The lowest BCUT2D eigenvalue weighted by atomic mass is 9.53. The van der Waals surface area contributed by atoms with Crippen LogP contribution in [0, 0.1) is 17.8 Å². The summed E-state index contributed by atoms with van der Waals surface area (Å²) in [4.78, 5) is 0. The largest absolute Gasteiger partial charge is 0.380 e. The molecule has 0 aromatic heterocycles. The van der Waals surface area contributed by atoms with Crippen LogP contribution in [-0.4, -0.2) is 5.54 Å². The first-order valence-electron chi connectivity index (χ1n) is 13.9. The molecule has 0 unspecified atom stereocenters. The van der Waals surface area contributed by atoms with Gasteiger partial charge in [0.05, 0.1) is 5.41 Å². The van der Waals surface area contributed by atoms with Gasteiger partial charge in [0, 0.05) is 11.2 Å². The molecule has 4 aromatic carbocycles. The number of anilines is 1. The molecule has 0 heterocycles. The van der Waals surface area contributed by atoms with E-state index in [-0.39, 0.29) is 5.41 Å². The second-order valence-corrected chi connectivity index (χ2v) is 12.1. The highest BCUT2D eigenvalue weighted by atomic mass is 15.0. The summed E-state index contributed by atoms with van der Waals surface area (Å²) in [5, 5.41) is 4.18. The molecule has 9 rings (SSSR count). The summed E-state index contributed by atoms with van der Waals surface area (Å²) < 4.78 is 0. The number of hydrogen-bond donors (Lipinski definition) is 1. The number of nitrogens with one attached hydrogen (secondary N) is 1. The summed E-state index contributed by atoms with van der Waals surface area (Å²) in [6, 6.07) is 38.6. The van der Waals surface area contributed by atoms with Crippen LogP contribution < -0.4 is 5.32 Å². The zero-order valence-electron chi connectivity index (χ0n) is 20.8. The molecule has 0 radical (unpaired) electrons. The van der Waals surface area contributed by atoms with Crippen molar-refractivity contribution in [2.24, 2.45) is 17.8 Å². The van der Waals surface area contributed by atoms with Gasteiger partial charge < -0.3 is 5.32 Å². The average molecular weight is 468 g/mol. The van der Waals surface area contributed by atoms with Gasteiger partial charge in [-0.1, -0.05) is 91.0 Å². The van der Waals surface area contributed by atoms with Crippen LogP contribution in [-0.2, 0) is 5.41 Å². The summed E-state index contributed by atoms with van der Waals surface area (Å²) in [5.74, 6) is 2.82. The van der Waals surface area contributed by atoms with Gasteiger partial charge in [-0.15, -0.1) is 0 Å². The van der Waals surface area contributed by atoms with E-state index in [9.17, 15) is 0 Å². The predicted molar refractivity (Wildman–Crippen MR) is 148 cm³/mol. The van der Waals surface area contributed by atoms with Gasteiger partial charge in [-0.25, -0.2) is 0 Å². The van der Waals surface area contributed by atoms with E-state index in [1.165, 1.54) is 77.6 Å². The van der Waals surface area contributed by atoms with Gasteiger partial charge in [-0.05, 0) is 102 Å². The Hall–Kier alpha value is -3.32. The van der Waals surface area contributed by atoms with Crippen LogP contribution in [0.15, 0.2) is 103 Å². The SMILES string of the molecule is c1ccc(C2(c3ccccc3)c3ccccc3-c3ccc(NC45CC6CC(CC(C6)C4)C5)cc32)cc1. The first-order valence-corrected chi connectivity index (χ1v) is 13.9. The van der Waals surface area contributed by atoms with Gasteiger partial charge in [0.1, 0.15) is 0 Å². The smallest absolute Gasteiger partial charge is 0.0714 e. The molecule has 4 saturated carbocycles. The van der Waals surface area contributed by atoms with Crippen molar-refractivity contribution in [2.75, 3.05) is 5.32 Å². The third kappa shape index (κ3) is 2.89. The van der Waals surface area contributed by atoms with Crippen molar-refractivity contribution in [1.82, 2.24) is 0 Å². The van der Waals surface area contributed by atoms with Gasteiger partial charge in [-0.2, -0.15) is 0 Å². The van der Waals surface area contributed by atoms with Crippen LogP contribution >= 0.6 is 0 Å². The monoisotopic (exact) mass is 467 g/mol. The molecule has 1 N–H and O–H groups in total. The van der Waals surface area contributed by atoms with Crippen molar-refractivity contribution in [2.45, 2.75) is 49.5 Å². The Bertz CT molecular complexity index is 1360. The molecule has 1 nitrogen and oxygen atoms in total. The fourth-order valence-corrected chi connectivity index (χ4v) is 9.09. The minimum absolute atomic E-state index is 0.302. The molecule has 0 atom stereocenters. The maximum Gasteiger partial charge on any atom is 0.0714 e. The lowest BCUT2D eigenvalue weighted by Gasteiger charge is -2.57. The normalized spacial score (nSPS) is 28.5. The Labute approximate surface area is 214 Å². The van der Waals surface area contributed by atoms with E-state index in [2.05, 4.69) is 108 Å². The third-order valence-electron chi connectivity index (χ3n) is 9.91. The lowest BCUT2D eigenvalue weighted by Crippen LogP contribution is -2.54. The minimum atomic E-state index is -0.312. The van der Waals surface area contributed by atoms with Gasteiger partial charge in [0.15, 0.2) is 0 Å². The summed E-state index contributed by atoms with van der Waals surface area (Å²) in [6.07, 6.45) is 8.51. The summed E-state index contributed by atoms with van der Waals surface area (Å²) in [5.41, 5.74) is 9.52. The molecule has 4 aromatic rings. The second kappa shape index (κ2) is 7.59. The molecular formula is C35H33N. The van der Waals surface area contributed by atoms with Crippen LogP contribution in [0.4, 0.5) is 5.69 Å². The fraction of sp³-hybridized carbons (Fsp3) is 0.314. The number of benzene rings is 4. The van der Waals surface area contributed by atoms with E-state index >= 15 is 0 Å². The molecule has 5 aliphatic carbocycles. The molecule has 1 heteroatoms. The second-order valence-electron chi connectivity index (χ2n) is 12.1. The molecule has 36 heavy (non-hydrogen) atoms. The topological polar surface area (TPSA) is 12.0 Å². The van der Waals surface area contributed by atoms with Gasteiger partial charge in [-0.3, -0.25) is 0 Å². The van der Waals surface area contributed by atoms with Crippen molar-refractivity contribution in [1.29, 1.82) is 0 Å². The van der Waals surface area contributed by atoms with Crippen molar-refractivity contribution in [3.63, 3.8) is 0 Å². The third-order valence-corrected chi connectivity index (χ3v) is 9.91. The van der Waals surface area contributed by atoms with E-state index in [1.807, 2.05) is 0 Å². The quantitative estimate of drug-likeness (QED) is 0.280. The van der Waals surface area contributed by atoms with Crippen LogP contribution in [0.2, 0.25) is 0 Å². The first-order chi connectivity index (χ1) is 17.7. The summed E-state index contributed by atoms with van der Waals surface area (Å²) in [6.45, 7) is 0. The minimum Gasteiger partial charge on any atom is -0.380 e. The molecule has 0 aliphatic heterocycles.